The zero-order valence-corrected chi connectivity index (χ0v) is 8.66. The molecule has 14 heavy (non-hydrogen) atoms. The van der Waals surface area contributed by atoms with E-state index in [4.69, 9.17) is 10.5 Å². The Labute approximate surface area is 84.5 Å². The van der Waals surface area contributed by atoms with Crippen molar-refractivity contribution < 1.29 is 4.74 Å². The number of hydrogen-bond donors (Lipinski definition) is 1. The highest BCUT2D eigenvalue weighted by Gasteiger charge is 2.25. The van der Waals surface area contributed by atoms with E-state index in [0.29, 0.717) is 6.04 Å². The number of nitrogens with zero attached hydrogens (tertiary/aromatic N) is 1. The first kappa shape index (κ1) is 9.19. The normalized spacial score (nSPS) is 20.4. The lowest BCUT2D eigenvalue weighted by atomic mass is 10.0. The van der Waals surface area contributed by atoms with E-state index in [2.05, 4.69) is 11.8 Å². The Bertz CT molecular complexity index is 338. The summed E-state index contributed by atoms with van der Waals surface area (Å²) in [6.07, 6.45) is 1.26. The van der Waals surface area contributed by atoms with E-state index in [9.17, 15) is 0 Å². The summed E-state index contributed by atoms with van der Waals surface area (Å²) in [6, 6.07) is 6.44. The molecule has 2 rings (SSSR count). The number of ether oxygens (including phenoxy) is 1. The molecule has 2 N–H and O–H groups in total. The smallest absolute Gasteiger partial charge is 0.144 e. The van der Waals surface area contributed by atoms with Crippen LogP contribution in [0.25, 0.3) is 0 Å². The Kier molecular flexibility index (Phi) is 2.23. The van der Waals surface area contributed by atoms with Crippen LogP contribution in [0.3, 0.4) is 0 Å². The fourth-order valence-corrected chi connectivity index (χ4v) is 1.81. The van der Waals surface area contributed by atoms with Crippen LogP contribution in [-0.2, 0) is 0 Å². The fraction of sp³-hybridized carbons (Fsp3) is 0.455. The van der Waals surface area contributed by atoms with Gasteiger partial charge in [0, 0.05) is 24.3 Å². The van der Waals surface area contributed by atoms with Crippen molar-refractivity contribution in [3.8, 4) is 5.75 Å². The van der Waals surface area contributed by atoms with Crippen molar-refractivity contribution in [2.24, 2.45) is 0 Å². The van der Waals surface area contributed by atoms with Gasteiger partial charge in [0.1, 0.15) is 5.75 Å². The number of anilines is 2. The maximum Gasteiger partial charge on any atom is 0.144 e. The van der Waals surface area contributed by atoms with Crippen molar-refractivity contribution in [1.82, 2.24) is 0 Å². The lowest BCUT2D eigenvalue weighted by Crippen LogP contribution is -2.45. The van der Waals surface area contributed by atoms with Crippen LogP contribution in [0, 0.1) is 0 Å². The van der Waals surface area contributed by atoms with Crippen LogP contribution < -0.4 is 15.4 Å². The zero-order valence-electron chi connectivity index (χ0n) is 8.66. The minimum Gasteiger partial charge on any atom is -0.495 e. The lowest BCUT2D eigenvalue weighted by Gasteiger charge is -2.41. The molecule has 1 aliphatic heterocycles. The molecule has 0 amide bonds. The molecule has 3 nitrogen and oxygen atoms in total. The van der Waals surface area contributed by atoms with Gasteiger partial charge in [-0.2, -0.15) is 0 Å². The molecule has 0 aromatic heterocycles. The molecule has 0 saturated carbocycles. The van der Waals surface area contributed by atoms with E-state index in [1.807, 2.05) is 18.2 Å². The molecule has 1 atom stereocenters. The van der Waals surface area contributed by atoms with Crippen LogP contribution in [0.2, 0.25) is 0 Å². The van der Waals surface area contributed by atoms with Crippen molar-refractivity contribution in [1.29, 1.82) is 0 Å². The zero-order chi connectivity index (χ0) is 10.1. The molecule has 1 aromatic rings. The van der Waals surface area contributed by atoms with Crippen molar-refractivity contribution >= 4 is 11.4 Å². The largest absolute Gasteiger partial charge is 0.495 e. The topological polar surface area (TPSA) is 38.5 Å². The van der Waals surface area contributed by atoms with E-state index in [0.717, 1.165) is 23.7 Å². The van der Waals surface area contributed by atoms with E-state index in [-0.39, 0.29) is 0 Å². The van der Waals surface area contributed by atoms with Crippen LogP contribution in [0.5, 0.6) is 5.75 Å². The molecule has 0 aliphatic carbocycles. The fourth-order valence-electron chi connectivity index (χ4n) is 1.81. The minimum atomic E-state index is 0.618. The van der Waals surface area contributed by atoms with Crippen LogP contribution in [-0.4, -0.2) is 19.7 Å². The van der Waals surface area contributed by atoms with E-state index < -0.39 is 0 Å². The maximum absolute atomic E-state index is 5.70. The number of methoxy groups -OCH3 is 1. The highest BCUT2D eigenvalue weighted by atomic mass is 16.5. The van der Waals surface area contributed by atoms with Crippen LogP contribution in [0.15, 0.2) is 18.2 Å². The summed E-state index contributed by atoms with van der Waals surface area (Å²) < 4.78 is 5.31. The molecule has 0 bridgehead atoms. The standard InChI is InChI=1S/C11H16N2O/c1-8-5-6-13(8)10-4-3-9(12)7-11(10)14-2/h3-4,7-8H,5-6,12H2,1-2H3. The van der Waals surface area contributed by atoms with Crippen molar-refractivity contribution in [2.75, 3.05) is 24.3 Å². The first-order valence-electron chi connectivity index (χ1n) is 4.92. The first-order chi connectivity index (χ1) is 6.72. The molecular formula is C11H16N2O. The van der Waals surface area contributed by atoms with Gasteiger partial charge in [-0.05, 0) is 25.5 Å². The van der Waals surface area contributed by atoms with Gasteiger partial charge in [0.25, 0.3) is 0 Å². The highest BCUT2D eigenvalue weighted by Crippen LogP contribution is 2.35. The van der Waals surface area contributed by atoms with Gasteiger partial charge in [0.05, 0.1) is 12.8 Å². The van der Waals surface area contributed by atoms with Gasteiger partial charge >= 0.3 is 0 Å². The highest BCUT2D eigenvalue weighted by molar-refractivity contribution is 5.65. The third-order valence-corrected chi connectivity index (χ3v) is 2.83. The second-order valence-corrected chi connectivity index (χ2v) is 3.76. The Hall–Kier alpha value is -1.38. The van der Waals surface area contributed by atoms with Crippen LogP contribution >= 0.6 is 0 Å². The number of benzene rings is 1. The Morgan fingerprint density at radius 1 is 1.50 bits per heavy atom. The second-order valence-electron chi connectivity index (χ2n) is 3.76. The minimum absolute atomic E-state index is 0.618. The SMILES string of the molecule is COc1cc(N)ccc1N1CCC1C. The molecule has 1 saturated heterocycles. The van der Waals surface area contributed by atoms with E-state index in [1.54, 1.807) is 7.11 Å². The van der Waals surface area contributed by atoms with Gasteiger partial charge < -0.3 is 15.4 Å². The quantitative estimate of drug-likeness (QED) is 0.727. The maximum atomic E-state index is 5.70. The van der Waals surface area contributed by atoms with Crippen LogP contribution in [0.1, 0.15) is 13.3 Å². The van der Waals surface area contributed by atoms with Gasteiger partial charge in [-0.1, -0.05) is 0 Å². The monoisotopic (exact) mass is 192 g/mol. The third kappa shape index (κ3) is 1.39. The van der Waals surface area contributed by atoms with Crippen LogP contribution in [0.4, 0.5) is 11.4 Å². The molecule has 76 valence electrons. The van der Waals surface area contributed by atoms with Crippen molar-refractivity contribution in [3.05, 3.63) is 18.2 Å². The summed E-state index contributed by atoms with van der Waals surface area (Å²) in [5.74, 6) is 0.872. The van der Waals surface area contributed by atoms with Gasteiger partial charge in [-0.3, -0.25) is 0 Å². The molecule has 0 radical (unpaired) electrons. The third-order valence-electron chi connectivity index (χ3n) is 2.83. The molecular weight excluding hydrogens is 176 g/mol. The van der Waals surface area contributed by atoms with E-state index in [1.165, 1.54) is 6.42 Å². The average Bonchev–Trinajstić information content (AvgIpc) is 2.18. The molecule has 1 heterocycles. The van der Waals surface area contributed by atoms with Gasteiger partial charge in [0.2, 0.25) is 0 Å². The summed E-state index contributed by atoms with van der Waals surface area (Å²) in [7, 11) is 1.68. The number of nitrogens with two attached hydrogens (primary N) is 1. The molecule has 1 aromatic carbocycles. The van der Waals surface area contributed by atoms with E-state index >= 15 is 0 Å². The second kappa shape index (κ2) is 3.40. The molecule has 0 spiro atoms. The van der Waals surface area contributed by atoms with Crippen molar-refractivity contribution in [2.45, 2.75) is 19.4 Å². The Morgan fingerprint density at radius 2 is 2.29 bits per heavy atom. The lowest BCUT2D eigenvalue weighted by molar-refractivity contribution is 0.404. The summed E-state index contributed by atoms with van der Waals surface area (Å²) in [5, 5.41) is 0. The Balaban J connectivity index is 2.32. The average molecular weight is 192 g/mol. The summed E-state index contributed by atoms with van der Waals surface area (Å²) in [5.41, 5.74) is 7.60. The molecule has 1 unspecified atom stereocenters. The number of hydrogen-bond acceptors (Lipinski definition) is 3. The number of nitrogen functional groups attached to an aromatic ring is 1. The van der Waals surface area contributed by atoms with Gasteiger partial charge in [0.15, 0.2) is 0 Å². The predicted molar refractivity (Wildman–Crippen MR) is 58.8 cm³/mol. The van der Waals surface area contributed by atoms with Gasteiger partial charge in [-0.15, -0.1) is 0 Å². The summed E-state index contributed by atoms with van der Waals surface area (Å²) in [4.78, 5) is 2.33. The molecule has 1 aliphatic rings. The van der Waals surface area contributed by atoms with Crippen molar-refractivity contribution in [3.63, 3.8) is 0 Å². The predicted octanol–water partition coefficient (Wildman–Crippen LogP) is 1.88. The molecule has 1 fully saturated rings. The van der Waals surface area contributed by atoms with Gasteiger partial charge in [-0.25, -0.2) is 0 Å². The first-order valence-corrected chi connectivity index (χ1v) is 4.92. The molecule has 3 heteroatoms. The number of rotatable bonds is 2. The summed E-state index contributed by atoms with van der Waals surface area (Å²) in [6.45, 7) is 3.33. The Morgan fingerprint density at radius 3 is 2.79 bits per heavy atom. The summed E-state index contributed by atoms with van der Waals surface area (Å²) >= 11 is 0.